The van der Waals surface area contributed by atoms with Crippen molar-refractivity contribution in [1.82, 2.24) is 0 Å². The molecule has 0 aromatic carbocycles. The Hall–Kier alpha value is 0.720. The van der Waals surface area contributed by atoms with Crippen LogP contribution in [0.1, 0.15) is 137 Å². The van der Waals surface area contributed by atoms with Gasteiger partial charge in [0.15, 0.2) is 0 Å². The quantitative estimate of drug-likeness (QED) is 0.143. The Morgan fingerprint density at radius 3 is 0.889 bits per heavy atom. The fourth-order valence-corrected chi connectivity index (χ4v) is 9.33. The van der Waals surface area contributed by atoms with Crippen LogP contribution < -0.4 is 12.4 Å². The van der Waals surface area contributed by atoms with Crippen LogP contribution in [0.4, 0.5) is 0 Å². The number of unbranched alkanes of at least 4 members (excludes halogenated alkanes) is 13. The molecule has 0 nitrogen and oxygen atoms in total. The van der Waals surface area contributed by atoms with E-state index < -0.39 is 7.26 Å². The maximum atomic E-state index is 2.40. The molecule has 0 amide bonds. The van der Waals surface area contributed by atoms with Crippen molar-refractivity contribution in [3.8, 4) is 0 Å². The summed E-state index contributed by atoms with van der Waals surface area (Å²) in [5, 5.41) is 0. The van der Waals surface area contributed by atoms with Gasteiger partial charge in [0.2, 0.25) is 0 Å². The Labute approximate surface area is 181 Å². The van der Waals surface area contributed by atoms with Crippen molar-refractivity contribution in [1.29, 1.82) is 0 Å². The third-order valence-electron chi connectivity index (χ3n) is 6.19. The second-order valence-corrected chi connectivity index (χ2v) is 13.3. The molecule has 0 atom stereocenters. The minimum atomic E-state index is -0.659. The summed E-state index contributed by atoms with van der Waals surface area (Å²) < 4.78 is 0. The largest absolute Gasteiger partial charge is 1.00 e. The molecule has 166 valence electrons. The zero-order chi connectivity index (χ0) is 19.3. The highest BCUT2D eigenvalue weighted by molar-refractivity contribution is 7.75. The first-order chi connectivity index (χ1) is 12.7. The Morgan fingerprint density at radius 1 is 0.333 bits per heavy atom. The lowest BCUT2D eigenvalue weighted by molar-refractivity contribution is -0.00000602. The summed E-state index contributed by atoms with van der Waals surface area (Å²) in [6.45, 7) is 9.42. The Balaban J connectivity index is 0. The highest BCUT2D eigenvalue weighted by Gasteiger charge is 2.34. The van der Waals surface area contributed by atoms with Crippen molar-refractivity contribution in [3.63, 3.8) is 0 Å². The molecule has 0 saturated heterocycles. The van der Waals surface area contributed by atoms with E-state index in [1.54, 1.807) is 43.9 Å². The lowest BCUT2D eigenvalue weighted by atomic mass is 10.2. The molecule has 0 N–H and O–H groups in total. The van der Waals surface area contributed by atoms with Gasteiger partial charge in [0.25, 0.3) is 0 Å². The van der Waals surface area contributed by atoms with Crippen LogP contribution in [0.3, 0.4) is 0 Å². The van der Waals surface area contributed by atoms with Crippen molar-refractivity contribution < 1.29 is 12.4 Å². The number of hydrogen-bond donors (Lipinski definition) is 0. The normalized spacial score (nSPS) is 11.6. The zero-order valence-corrected chi connectivity index (χ0v) is 21.3. The van der Waals surface area contributed by atoms with Crippen LogP contribution in [0.5, 0.6) is 0 Å². The van der Waals surface area contributed by atoms with Crippen LogP contribution in [-0.4, -0.2) is 24.6 Å². The maximum Gasteiger partial charge on any atom is 0.0594 e. The van der Waals surface area contributed by atoms with E-state index in [1.807, 2.05) is 0 Å². The van der Waals surface area contributed by atoms with Gasteiger partial charge in [0, 0.05) is 7.26 Å². The van der Waals surface area contributed by atoms with Crippen molar-refractivity contribution >= 4 is 7.26 Å². The predicted molar refractivity (Wildman–Crippen MR) is 128 cm³/mol. The number of hydrogen-bond acceptors (Lipinski definition) is 0. The molecule has 0 aliphatic heterocycles. The molecule has 0 rings (SSSR count). The van der Waals surface area contributed by atoms with E-state index in [9.17, 15) is 0 Å². The van der Waals surface area contributed by atoms with Gasteiger partial charge in [-0.2, -0.15) is 0 Å². The third-order valence-corrected chi connectivity index (χ3v) is 11.3. The Kier molecular flexibility index (Phi) is 25.5. The van der Waals surface area contributed by atoms with Crippen LogP contribution in [0, 0.1) is 0 Å². The molecular formula is C25H54ClP. The standard InChI is InChI=1S/C25H54P.ClH/c1-5-9-13-16-19-23-26(22-12-8-4,24-20-17-14-10-6-2)25-21-18-15-11-7-3;/h5-25H2,1-4H3;1H/q+1;/p-1. The average Bonchev–Trinajstić information content (AvgIpc) is 2.65. The van der Waals surface area contributed by atoms with Gasteiger partial charge >= 0.3 is 0 Å². The average molecular weight is 421 g/mol. The smallest absolute Gasteiger partial charge is 0.0594 e. The lowest BCUT2D eigenvalue weighted by Crippen LogP contribution is -3.00. The monoisotopic (exact) mass is 420 g/mol. The molecule has 0 unspecified atom stereocenters. The SMILES string of the molecule is CCCCCCC[P+](CCCC)(CCCCCCC)CCCCCCC.[Cl-]. The molecule has 2 heteroatoms. The molecule has 0 aliphatic rings. The van der Waals surface area contributed by atoms with E-state index in [0.29, 0.717) is 0 Å². The van der Waals surface area contributed by atoms with Gasteiger partial charge in [-0.25, -0.2) is 0 Å². The molecule has 0 aliphatic carbocycles. The molecule has 0 aromatic heterocycles. The van der Waals surface area contributed by atoms with E-state index >= 15 is 0 Å². The van der Waals surface area contributed by atoms with Crippen molar-refractivity contribution in [2.75, 3.05) is 24.6 Å². The number of halogens is 1. The summed E-state index contributed by atoms with van der Waals surface area (Å²) >= 11 is 0. The van der Waals surface area contributed by atoms with E-state index in [0.717, 1.165) is 0 Å². The maximum absolute atomic E-state index is 2.40. The molecule has 0 spiro atoms. The molecule has 0 bridgehead atoms. The molecular weight excluding hydrogens is 367 g/mol. The summed E-state index contributed by atoms with van der Waals surface area (Å²) in [6, 6.07) is 0. The van der Waals surface area contributed by atoms with Gasteiger partial charge < -0.3 is 12.4 Å². The lowest BCUT2D eigenvalue weighted by Gasteiger charge is -2.28. The first-order valence-corrected chi connectivity index (χ1v) is 15.1. The Morgan fingerprint density at radius 2 is 0.593 bits per heavy atom. The van der Waals surface area contributed by atoms with Crippen LogP contribution >= 0.6 is 7.26 Å². The van der Waals surface area contributed by atoms with E-state index in [4.69, 9.17) is 0 Å². The van der Waals surface area contributed by atoms with E-state index in [2.05, 4.69) is 27.7 Å². The molecule has 0 radical (unpaired) electrons. The van der Waals surface area contributed by atoms with Crippen LogP contribution in [0.25, 0.3) is 0 Å². The molecule has 27 heavy (non-hydrogen) atoms. The number of rotatable bonds is 21. The van der Waals surface area contributed by atoms with E-state index in [1.165, 1.54) is 89.9 Å². The summed E-state index contributed by atoms with van der Waals surface area (Å²) in [5.41, 5.74) is 0. The minimum Gasteiger partial charge on any atom is -1.00 e. The highest BCUT2D eigenvalue weighted by atomic mass is 35.5. The van der Waals surface area contributed by atoms with Crippen LogP contribution in [0.2, 0.25) is 0 Å². The zero-order valence-electron chi connectivity index (χ0n) is 19.7. The fraction of sp³-hybridized carbons (Fsp3) is 1.00. The summed E-state index contributed by atoms with van der Waals surface area (Å²) in [6.07, 6.45) is 31.5. The van der Waals surface area contributed by atoms with Gasteiger partial charge in [-0.15, -0.1) is 0 Å². The van der Waals surface area contributed by atoms with Crippen molar-refractivity contribution in [2.45, 2.75) is 137 Å². The second kappa shape index (κ2) is 23.0. The summed E-state index contributed by atoms with van der Waals surface area (Å²) in [4.78, 5) is 0. The fourth-order valence-electron chi connectivity index (χ4n) is 4.32. The molecule has 0 fully saturated rings. The first kappa shape index (κ1) is 29.9. The van der Waals surface area contributed by atoms with Crippen LogP contribution in [0.15, 0.2) is 0 Å². The summed E-state index contributed by atoms with van der Waals surface area (Å²) in [7, 11) is -0.659. The highest BCUT2D eigenvalue weighted by Crippen LogP contribution is 2.61. The Bertz CT molecular complexity index is 231. The molecule has 0 aromatic rings. The van der Waals surface area contributed by atoms with Crippen molar-refractivity contribution in [2.24, 2.45) is 0 Å². The molecule has 0 saturated carbocycles. The van der Waals surface area contributed by atoms with Gasteiger partial charge in [0.05, 0.1) is 24.6 Å². The first-order valence-electron chi connectivity index (χ1n) is 12.6. The van der Waals surface area contributed by atoms with Gasteiger partial charge in [-0.05, 0) is 44.9 Å². The predicted octanol–water partition coefficient (Wildman–Crippen LogP) is 6.72. The summed E-state index contributed by atoms with van der Waals surface area (Å²) in [5.74, 6) is 0. The van der Waals surface area contributed by atoms with Gasteiger partial charge in [0.1, 0.15) is 0 Å². The third kappa shape index (κ3) is 18.5. The van der Waals surface area contributed by atoms with Crippen LogP contribution in [-0.2, 0) is 0 Å². The second-order valence-electron chi connectivity index (χ2n) is 8.83. The van der Waals surface area contributed by atoms with Crippen molar-refractivity contribution in [3.05, 3.63) is 0 Å². The molecule has 0 heterocycles. The van der Waals surface area contributed by atoms with Gasteiger partial charge in [-0.1, -0.05) is 91.9 Å². The van der Waals surface area contributed by atoms with E-state index in [-0.39, 0.29) is 12.4 Å². The van der Waals surface area contributed by atoms with Gasteiger partial charge in [-0.3, -0.25) is 0 Å². The minimum absolute atomic E-state index is 0. The topological polar surface area (TPSA) is 0 Å².